The fourth-order valence-electron chi connectivity index (χ4n) is 1.74. The molecular weight excluding hydrogens is 238 g/mol. The molecule has 0 spiro atoms. The lowest BCUT2D eigenvalue weighted by atomic mass is 10.3. The van der Waals surface area contributed by atoms with Crippen LogP contribution in [-0.2, 0) is 6.54 Å². The van der Waals surface area contributed by atoms with Crippen LogP contribution < -0.4 is 10.6 Å². The van der Waals surface area contributed by atoms with Crippen LogP contribution in [-0.4, -0.2) is 35.1 Å². The minimum Gasteiger partial charge on any atom is -0.357 e. The maximum absolute atomic E-state index is 4.51. The average Bonchev–Trinajstić information content (AvgIpc) is 2.81. The number of aliphatic imine (C=N–C) groups is 1. The largest absolute Gasteiger partial charge is 0.357 e. The highest BCUT2D eigenvalue weighted by molar-refractivity contribution is 5.79. The van der Waals surface area contributed by atoms with Crippen LogP contribution in [0.25, 0.3) is 0 Å². The van der Waals surface area contributed by atoms with Crippen molar-refractivity contribution in [2.45, 2.75) is 33.2 Å². The predicted molar refractivity (Wildman–Crippen MR) is 80.4 cm³/mol. The Kier molecular flexibility index (Phi) is 7.39. The Balaban J connectivity index is 2.22. The molecule has 1 heterocycles. The highest BCUT2D eigenvalue weighted by atomic mass is 15.2. The first kappa shape index (κ1) is 15.3. The van der Waals surface area contributed by atoms with Gasteiger partial charge in [0.25, 0.3) is 0 Å². The lowest BCUT2D eigenvalue weighted by Crippen LogP contribution is -2.37. The fraction of sp³-hybridized carbons (Fsp3) is 0.571. The summed E-state index contributed by atoms with van der Waals surface area (Å²) in [5.74, 6) is 1.94. The number of hydrogen-bond acceptors (Lipinski definition) is 2. The lowest BCUT2D eigenvalue weighted by Gasteiger charge is -2.09. The number of imidazole rings is 1. The Bertz CT molecular complexity index is 394. The van der Waals surface area contributed by atoms with E-state index in [4.69, 9.17) is 0 Å². The Morgan fingerprint density at radius 3 is 2.95 bits per heavy atom. The van der Waals surface area contributed by atoms with Crippen LogP contribution in [0, 0.1) is 6.92 Å². The molecule has 0 aliphatic heterocycles. The molecular formula is C14H25N5. The molecule has 106 valence electrons. The first-order valence-electron chi connectivity index (χ1n) is 6.88. The molecule has 0 amide bonds. The van der Waals surface area contributed by atoms with Gasteiger partial charge in [0.15, 0.2) is 5.96 Å². The van der Waals surface area contributed by atoms with E-state index in [1.54, 1.807) is 0 Å². The standard InChI is InChI=1S/C14H25N5/c1-4-8-17-14(15-5-2)18-9-6-7-11-19-12-10-16-13(19)3/h4,10,12H,1,5-9,11H2,2-3H3,(H2,15,17,18). The Hall–Kier alpha value is -1.78. The highest BCUT2D eigenvalue weighted by Crippen LogP contribution is 1.99. The second-order valence-corrected chi connectivity index (χ2v) is 4.31. The Morgan fingerprint density at radius 1 is 1.47 bits per heavy atom. The number of unbranched alkanes of at least 4 members (excludes halogenated alkanes) is 1. The van der Waals surface area contributed by atoms with E-state index in [2.05, 4.69) is 38.7 Å². The zero-order valence-corrected chi connectivity index (χ0v) is 12.0. The van der Waals surface area contributed by atoms with Crippen LogP contribution in [0.15, 0.2) is 30.0 Å². The molecule has 5 nitrogen and oxygen atoms in total. The van der Waals surface area contributed by atoms with E-state index in [1.165, 1.54) is 0 Å². The number of aryl methyl sites for hydroxylation is 2. The van der Waals surface area contributed by atoms with Gasteiger partial charge in [0.1, 0.15) is 5.82 Å². The maximum atomic E-state index is 4.51. The highest BCUT2D eigenvalue weighted by Gasteiger charge is 1.97. The molecule has 19 heavy (non-hydrogen) atoms. The molecule has 0 aromatic carbocycles. The summed E-state index contributed by atoms with van der Waals surface area (Å²) in [6.07, 6.45) is 7.88. The van der Waals surface area contributed by atoms with Crippen molar-refractivity contribution in [3.8, 4) is 0 Å². The summed E-state index contributed by atoms with van der Waals surface area (Å²) < 4.78 is 2.17. The quantitative estimate of drug-likeness (QED) is 0.325. The first-order chi connectivity index (χ1) is 9.27. The lowest BCUT2D eigenvalue weighted by molar-refractivity contribution is 0.601. The summed E-state index contributed by atoms with van der Waals surface area (Å²) in [6.45, 7) is 11.2. The maximum Gasteiger partial charge on any atom is 0.191 e. The van der Waals surface area contributed by atoms with Crippen LogP contribution >= 0.6 is 0 Å². The van der Waals surface area contributed by atoms with Crippen molar-refractivity contribution in [3.63, 3.8) is 0 Å². The van der Waals surface area contributed by atoms with Crippen molar-refractivity contribution in [2.75, 3.05) is 19.6 Å². The molecule has 1 rings (SSSR count). The molecule has 5 heteroatoms. The summed E-state index contributed by atoms with van der Waals surface area (Å²) in [7, 11) is 0. The van der Waals surface area contributed by atoms with E-state index in [-0.39, 0.29) is 0 Å². The van der Waals surface area contributed by atoms with Crippen molar-refractivity contribution in [3.05, 3.63) is 30.9 Å². The van der Waals surface area contributed by atoms with Crippen molar-refractivity contribution in [2.24, 2.45) is 4.99 Å². The second-order valence-electron chi connectivity index (χ2n) is 4.31. The van der Waals surface area contributed by atoms with Crippen LogP contribution in [0.1, 0.15) is 25.6 Å². The molecule has 2 N–H and O–H groups in total. The minimum absolute atomic E-state index is 0.736. The summed E-state index contributed by atoms with van der Waals surface area (Å²) in [6, 6.07) is 0. The van der Waals surface area contributed by atoms with Crippen molar-refractivity contribution < 1.29 is 0 Å². The summed E-state index contributed by atoms with van der Waals surface area (Å²) >= 11 is 0. The average molecular weight is 263 g/mol. The van der Waals surface area contributed by atoms with E-state index in [0.717, 1.165) is 50.8 Å². The normalized spacial score (nSPS) is 11.4. The Labute approximate surface area is 115 Å². The smallest absolute Gasteiger partial charge is 0.191 e. The van der Waals surface area contributed by atoms with E-state index in [0.29, 0.717) is 0 Å². The fourth-order valence-corrected chi connectivity index (χ4v) is 1.74. The number of nitrogens with zero attached hydrogens (tertiary/aromatic N) is 3. The van der Waals surface area contributed by atoms with E-state index in [9.17, 15) is 0 Å². The molecule has 0 radical (unpaired) electrons. The molecule has 0 fully saturated rings. The van der Waals surface area contributed by atoms with Crippen LogP contribution in [0.5, 0.6) is 0 Å². The number of hydrogen-bond donors (Lipinski definition) is 2. The van der Waals surface area contributed by atoms with Crippen LogP contribution in [0.4, 0.5) is 0 Å². The predicted octanol–water partition coefficient (Wildman–Crippen LogP) is 1.71. The van der Waals surface area contributed by atoms with Gasteiger partial charge in [-0.3, -0.25) is 4.99 Å². The number of rotatable bonds is 8. The molecule has 0 bridgehead atoms. The second kappa shape index (κ2) is 9.19. The number of guanidine groups is 1. The van der Waals surface area contributed by atoms with E-state index >= 15 is 0 Å². The molecule has 0 atom stereocenters. The van der Waals surface area contributed by atoms with Crippen molar-refractivity contribution in [1.82, 2.24) is 20.2 Å². The van der Waals surface area contributed by atoms with Crippen LogP contribution in [0.3, 0.4) is 0 Å². The molecule has 0 aliphatic rings. The monoisotopic (exact) mass is 263 g/mol. The summed E-state index contributed by atoms with van der Waals surface area (Å²) in [5, 5.41) is 6.40. The van der Waals surface area contributed by atoms with Crippen molar-refractivity contribution >= 4 is 5.96 Å². The van der Waals surface area contributed by atoms with Gasteiger partial charge >= 0.3 is 0 Å². The van der Waals surface area contributed by atoms with Gasteiger partial charge < -0.3 is 15.2 Å². The van der Waals surface area contributed by atoms with Gasteiger partial charge in [0.2, 0.25) is 0 Å². The van der Waals surface area contributed by atoms with Crippen molar-refractivity contribution in [1.29, 1.82) is 0 Å². The minimum atomic E-state index is 0.736. The van der Waals surface area contributed by atoms with E-state index < -0.39 is 0 Å². The zero-order chi connectivity index (χ0) is 13.9. The molecule has 0 saturated carbocycles. The van der Waals surface area contributed by atoms with E-state index in [1.807, 2.05) is 25.4 Å². The SMILES string of the molecule is C=CCNC(=NCCCCn1ccnc1C)NCC. The van der Waals surface area contributed by atoms with Gasteiger partial charge in [0, 0.05) is 38.6 Å². The summed E-state index contributed by atoms with van der Waals surface area (Å²) in [4.78, 5) is 8.72. The third kappa shape index (κ3) is 6.08. The molecule has 1 aromatic rings. The van der Waals surface area contributed by atoms with Crippen LogP contribution in [0.2, 0.25) is 0 Å². The van der Waals surface area contributed by atoms with Gasteiger partial charge in [-0.2, -0.15) is 0 Å². The molecule has 1 aromatic heterocycles. The van der Waals surface area contributed by atoms with Gasteiger partial charge in [-0.15, -0.1) is 6.58 Å². The molecule has 0 unspecified atom stereocenters. The van der Waals surface area contributed by atoms with Gasteiger partial charge in [0.05, 0.1) is 0 Å². The third-order valence-corrected chi connectivity index (χ3v) is 2.76. The number of nitrogens with one attached hydrogen (secondary N) is 2. The van der Waals surface area contributed by atoms with Gasteiger partial charge in [-0.05, 0) is 26.7 Å². The first-order valence-corrected chi connectivity index (χ1v) is 6.88. The Morgan fingerprint density at radius 2 is 2.32 bits per heavy atom. The van der Waals surface area contributed by atoms with Gasteiger partial charge in [-0.25, -0.2) is 4.98 Å². The zero-order valence-electron chi connectivity index (χ0n) is 12.0. The summed E-state index contributed by atoms with van der Waals surface area (Å²) in [5.41, 5.74) is 0. The topological polar surface area (TPSA) is 54.2 Å². The molecule has 0 aliphatic carbocycles. The molecule has 0 saturated heterocycles. The van der Waals surface area contributed by atoms with Gasteiger partial charge in [-0.1, -0.05) is 6.08 Å². The third-order valence-electron chi connectivity index (χ3n) is 2.76. The number of aromatic nitrogens is 2.